The summed E-state index contributed by atoms with van der Waals surface area (Å²) in [6.45, 7) is 6.04. The number of aryl methyl sites for hydroxylation is 2. The van der Waals surface area contributed by atoms with E-state index in [0.717, 1.165) is 11.1 Å². The van der Waals surface area contributed by atoms with Gasteiger partial charge in [-0.1, -0.05) is 29.5 Å². The highest BCUT2D eigenvalue weighted by Gasteiger charge is 2.23. The molecule has 2 N–H and O–H groups in total. The van der Waals surface area contributed by atoms with Gasteiger partial charge in [-0.3, -0.25) is 14.2 Å². The lowest BCUT2D eigenvalue weighted by Gasteiger charge is -2.13. The average Bonchev–Trinajstić information content (AvgIpc) is 3.31. The molecule has 0 bridgehead atoms. The predicted molar refractivity (Wildman–Crippen MR) is 107 cm³/mol. The van der Waals surface area contributed by atoms with Gasteiger partial charge in [-0.05, 0) is 44.5 Å². The van der Waals surface area contributed by atoms with Crippen molar-refractivity contribution in [2.45, 2.75) is 44.1 Å². The summed E-state index contributed by atoms with van der Waals surface area (Å²) in [5.74, 6) is 0.641. The number of nitrogens with zero attached hydrogens (tertiary/aromatic N) is 3. The molecule has 8 heteroatoms. The molecular weight excluding hydrogens is 376 g/mol. The number of hydrogen-bond acceptors (Lipinski definition) is 6. The molecular formula is C20H22N4O3S. The van der Waals surface area contributed by atoms with E-state index in [1.54, 1.807) is 23.0 Å². The van der Waals surface area contributed by atoms with Gasteiger partial charge < -0.3 is 10.2 Å². The molecule has 1 atom stereocenters. The van der Waals surface area contributed by atoms with Crippen LogP contribution in [0.2, 0.25) is 0 Å². The van der Waals surface area contributed by atoms with Crippen molar-refractivity contribution in [2.24, 2.45) is 5.73 Å². The second-order valence-electron chi connectivity index (χ2n) is 6.59. The standard InChI is InChI=1S/C20H22N4O3S/c1-12-6-7-13(2)15(11-12)18(26)14(3)28-20-23-22-19(16-5-4-10-27-16)24(20)9-8-17(21)25/h4-7,10-11,14H,8-9H2,1-3H3,(H2,21,25)/t14-/m1/s1. The van der Waals surface area contributed by atoms with Crippen molar-refractivity contribution >= 4 is 23.5 Å². The van der Waals surface area contributed by atoms with Gasteiger partial charge in [0.05, 0.1) is 11.5 Å². The molecule has 2 aromatic heterocycles. The number of primary amides is 1. The zero-order chi connectivity index (χ0) is 20.3. The molecule has 1 amide bonds. The van der Waals surface area contributed by atoms with E-state index in [-0.39, 0.29) is 17.5 Å². The summed E-state index contributed by atoms with van der Waals surface area (Å²) in [7, 11) is 0. The molecule has 146 valence electrons. The van der Waals surface area contributed by atoms with Crippen LogP contribution in [0.4, 0.5) is 0 Å². The Labute approximate surface area is 167 Å². The van der Waals surface area contributed by atoms with Gasteiger partial charge in [-0.25, -0.2) is 0 Å². The summed E-state index contributed by atoms with van der Waals surface area (Å²) in [6, 6.07) is 9.36. The van der Waals surface area contributed by atoms with Gasteiger partial charge in [-0.15, -0.1) is 10.2 Å². The van der Waals surface area contributed by atoms with Gasteiger partial charge in [0.1, 0.15) is 0 Å². The lowest BCUT2D eigenvalue weighted by atomic mass is 10.0. The molecule has 1 aromatic carbocycles. The second kappa shape index (κ2) is 8.43. The highest BCUT2D eigenvalue weighted by molar-refractivity contribution is 8.00. The van der Waals surface area contributed by atoms with Crippen molar-refractivity contribution in [3.05, 3.63) is 53.3 Å². The number of carbonyl (C=O) groups excluding carboxylic acids is 2. The smallest absolute Gasteiger partial charge is 0.219 e. The second-order valence-corrected chi connectivity index (χ2v) is 7.90. The summed E-state index contributed by atoms with van der Waals surface area (Å²) in [5.41, 5.74) is 7.99. The number of Topliss-reactive ketones (excluding diaryl/α,β-unsaturated/α-hetero) is 1. The van der Waals surface area contributed by atoms with E-state index in [4.69, 9.17) is 10.2 Å². The third-order valence-corrected chi connectivity index (χ3v) is 5.43. The Morgan fingerprint density at radius 1 is 1.25 bits per heavy atom. The quantitative estimate of drug-likeness (QED) is 0.461. The molecule has 0 saturated carbocycles. The third kappa shape index (κ3) is 4.33. The van der Waals surface area contributed by atoms with Gasteiger partial charge in [0.25, 0.3) is 0 Å². The number of nitrogens with two attached hydrogens (primary N) is 1. The lowest BCUT2D eigenvalue weighted by molar-refractivity contribution is -0.118. The number of thioether (sulfide) groups is 1. The van der Waals surface area contributed by atoms with Crippen molar-refractivity contribution in [3.8, 4) is 11.6 Å². The highest BCUT2D eigenvalue weighted by atomic mass is 32.2. The Morgan fingerprint density at radius 3 is 2.71 bits per heavy atom. The van der Waals surface area contributed by atoms with Crippen molar-refractivity contribution in [1.29, 1.82) is 0 Å². The molecule has 0 saturated heterocycles. The van der Waals surface area contributed by atoms with Crippen LogP contribution in [0.25, 0.3) is 11.6 Å². The fourth-order valence-corrected chi connectivity index (χ4v) is 3.76. The molecule has 3 aromatic rings. The summed E-state index contributed by atoms with van der Waals surface area (Å²) in [6.07, 6.45) is 1.68. The fourth-order valence-electron chi connectivity index (χ4n) is 2.82. The Balaban J connectivity index is 1.87. The Kier molecular flexibility index (Phi) is 5.99. The number of hydrogen-bond donors (Lipinski definition) is 1. The Hall–Kier alpha value is -2.87. The maximum Gasteiger partial charge on any atom is 0.219 e. The first-order valence-electron chi connectivity index (χ1n) is 8.90. The molecule has 0 aliphatic rings. The normalized spacial score (nSPS) is 12.1. The summed E-state index contributed by atoms with van der Waals surface area (Å²) >= 11 is 1.30. The van der Waals surface area contributed by atoms with Crippen LogP contribution in [0.1, 0.15) is 34.8 Å². The maximum absolute atomic E-state index is 13.0. The van der Waals surface area contributed by atoms with Gasteiger partial charge in [0, 0.05) is 18.5 Å². The molecule has 2 heterocycles. The molecule has 0 radical (unpaired) electrons. The first-order valence-corrected chi connectivity index (χ1v) is 9.78. The molecule has 3 rings (SSSR count). The van der Waals surface area contributed by atoms with Crippen LogP contribution in [0, 0.1) is 13.8 Å². The van der Waals surface area contributed by atoms with Crippen molar-refractivity contribution in [3.63, 3.8) is 0 Å². The van der Waals surface area contributed by atoms with Crippen molar-refractivity contribution in [2.75, 3.05) is 0 Å². The molecule has 0 fully saturated rings. The van der Waals surface area contributed by atoms with Crippen LogP contribution < -0.4 is 5.73 Å². The highest BCUT2D eigenvalue weighted by Crippen LogP contribution is 2.29. The van der Waals surface area contributed by atoms with E-state index < -0.39 is 5.91 Å². The van der Waals surface area contributed by atoms with E-state index in [1.807, 2.05) is 39.0 Å². The fraction of sp³-hybridized carbons (Fsp3) is 0.300. The molecule has 0 unspecified atom stereocenters. The Bertz CT molecular complexity index is 995. The minimum absolute atomic E-state index is 0.0233. The van der Waals surface area contributed by atoms with Gasteiger partial charge in [0.15, 0.2) is 22.5 Å². The number of carbonyl (C=O) groups is 2. The molecule has 0 aliphatic heterocycles. The van der Waals surface area contributed by atoms with Crippen LogP contribution >= 0.6 is 11.8 Å². The number of benzene rings is 1. The topological polar surface area (TPSA) is 104 Å². The van der Waals surface area contributed by atoms with Crippen LogP contribution in [0.3, 0.4) is 0 Å². The number of ketones is 1. The summed E-state index contributed by atoms with van der Waals surface area (Å²) in [4.78, 5) is 24.2. The van der Waals surface area contributed by atoms with E-state index in [9.17, 15) is 9.59 Å². The first kappa shape index (κ1) is 19.9. The first-order chi connectivity index (χ1) is 13.4. The van der Waals surface area contributed by atoms with Gasteiger partial charge in [-0.2, -0.15) is 0 Å². The summed E-state index contributed by atoms with van der Waals surface area (Å²) < 4.78 is 7.18. The lowest BCUT2D eigenvalue weighted by Crippen LogP contribution is -2.18. The molecule has 7 nitrogen and oxygen atoms in total. The average molecular weight is 398 g/mol. The monoisotopic (exact) mass is 398 g/mol. The predicted octanol–water partition coefficient (Wildman–Crippen LogP) is 3.39. The minimum atomic E-state index is -0.422. The van der Waals surface area contributed by atoms with Gasteiger partial charge in [0.2, 0.25) is 5.91 Å². The van der Waals surface area contributed by atoms with E-state index >= 15 is 0 Å². The minimum Gasteiger partial charge on any atom is -0.461 e. The Morgan fingerprint density at radius 2 is 2.04 bits per heavy atom. The molecule has 0 spiro atoms. The number of amides is 1. The molecule has 0 aliphatic carbocycles. The van der Waals surface area contributed by atoms with E-state index in [2.05, 4.69) is 10.2 Å². The van der Waals surface area contributed by atoms with Crippen LogP contribution in [-0.2, 0) is 11.3 Å². The van der Waals surface area contributed by atoms with E-state index in [1.165, 1.54) is 11.8 Å². The van der Waals surface area contributed by atoms with Gasteiger partial charge >= 0.3 is 0 Å². The number of rotatable bonds is 8. The van der Waals surface area contributed by atoms with E-state index in [0.29, 0.717) is 28.8 Å². The van der Waals surface area contributed by atoms with Crippen molar-refractivity contribution < 1.29 is 14.0 Å². The maximum atomic E-state index is 13.0. The SMILES string of the molecule is Cc1ccc(C)c(C(=O)[C@@H](C)Sc2nnc(-c3ccco3)n2CCC(N)=O)c1. The van der Waals surface area contributed by atoms with Crippen LogP contribution in [0.5, 0.6) is 0 Å². The third-order valence-electron chi connectivity index (χ3n) is 4.35. The van der Waals surface area contributed by atoms with Crippen LogP contribution in [-0.4, -0.2) is 31.7 Å². The number of aromatic nitrogens is 3. The zero-order valence-corrected chi connectivity index (χ0v) is 16.8. The largest absolute Gasteiger partial charge is 0.461 e. The molecule has 28 heavy (non-hydrogen) atoms. The van der Waals surface area contributed by atoms with Crippen LogP contribution in [0.15, 0.2) is 46.2 Å². The van der Waals surface area contributed by atoms with Crippen molar-refractivity contribution in [1.82, 2.24) is 14.8 Å². The zero-order valence-electron chi connectivity index (χ0n) is 16.0. The number of furan rings is 1. The summed E-state index contributed by atoms with van der Waals surface area (Å²) in [5, 5.41) is 8.57.